The third-order valence-corrected chi connectivity index (χ3v) is 2.18. The van der Waals surface area contributed by atoms with Crippen LogP contribution < -0.4 is 0 Å². The van der Waals surface area contributed by atoms with Crippen LogP contribution >= 0.6 is 0 Å². The van der Waals surface area contributed by atoms with Gasteiger partial charge in [0.1, 0.15) is 5.65 Å². The van der Waals surface area contributed by atoms with Gasteiger partial charge in [0, 0.05) is 24.2 Å². The van der Waals surface area contributed by atoms with Gasteiger partial charge in [-0.2, -0.15) is 0 Å². The van der Waals surface area contributed by atoms with Gasteiger partial charge in [-0.05, 0) is 24.6 Å². The van der Waals surface area contributed by atoms with E-state index in [1.54, 1.807) is 17.0 Å². The molecule has 0 saturated heterocycles. The van der Waals surface area contributed by atoms with E-state index in [1.807, 2.05) is 25.1 Å². The van der Waals surface area contributed by atoms with Gasteiger partial charge in [0.05, 0.1) is 0 Å². The van der Waals surface area contributed by atoms with Crippen molar-refractivity contribution in [2.75, 3.05) is 0 Å². The quantitative estimate of drug-likeness (QED) is 0.725. The Hall–Kier alpha value is -1.64. The van der Waals surface area contributed by atoms with Gasteiger partial charge in [0.2, 0.25) is 5.91 Å². The largest absolute Gasteiger partial charge is 0.274 e. The summed E-state index contributed by atoms with van der Waals surface area (Å²) in [5.41, 5.74) is 0.756. The predicted molar refractivity (Wildman–Crippen MR) is 55.3 cm³/mol. The number of rotatable bonds is 2. The van der Waals surface area contributed by atoms with E-state index in [9.17, 15) is 4.79 Å². The van der Waals surface area contributed by atoms with Gasteiger partial charge in [-0.25, -0.2) is 4.98 Å². The van der Waals surface area contributed by atoms with Crippen LogP contribution in [0.1, 0.15) is 24.6 Å². The molecular weight excluding hydrogens is 176 g/mol. The Labute approximate surface area is 82.4 Å². The first kappa shape index (κ1) is 8.94. The molecule has 2 heterocycles. The average Bonchev–Trinajstić information content (AvgIpc) is 2.61. The van der Waals surface area contributed by atoms with Crippen LogP contribution in [0, 0.1) is 0 Å². The summed E-state index contributed by atoms with van der Waals surface area (Å²) in [5, 5.41) is 1.01. The van der Waals surface area contributed by atoms with Crippen LogP contribution in [-0.2, 0) is 0 Å². The van der Waals surface area contributed by atoms with E-state index >= 15 is 0 Å². The summed E-state index contributed by atoms with van der Waals surface area (Å²) in [6.07, 6.45) is 4.93. The van der Waals surface area contributed by atoms with Crippen molar-refractivity contribution in [2.24, 2.45) is 0 Å². The van der Waals surface area contributed by atoms with Crippen molar-refractivity contribution in [2.45, 2.75) is 19.8 Å². The number of carbonyl (C=O) groups excluding carboxylic acids is 1. The van der Waals surface area contributed by atoms with E-state index in [1.165, 1.54) is 0 Å². The lowest BCUT2D eigenvalue weighted by Crippen LogP contribution is -2.08. The van der Waals surface area contributed by atoms with Crippen LogP contribution in [0.5, 0.6) is 0 Å². The Morgan fingerprint density at radius 2 is 2.36 bits per heavy atom. The second-order valence-electron chi connectivity index (χ2n) is 3.25. The Bertz CT molecular complexity index is 459. The van der Waals surface area contributed by atoms with Gasteiger partial charge < -0.3 is 0 Å². The molecule has 0 unspecified atom stereocenters. The van der Waals surface area contributed by atoms with Crippen molar-refractivity contribution in [3.63, 3.8) is 0 Å². The van der Waals surface area contributed by atoms with Crippen molar-refractivity contribution >= 4 is 16.9 Å². The fourth-order valence-electron chi connectivity index (χ4n) is 1.50. The molecule has 0 amide bonds. The molecule has 0 fully saturated rings. The second-order valence-corrected chi connectivity index (χ2v) is 3.25. The van der Waals surface area contributed by atoms with Crippen molar-refractivity contribution in [3.8, 4) is 0 Å². The zero-order valence-electron chi connectivity index (χ0n) is 8.10. The van der Waals surface area contributed by atoms with Gasteiger partial charge in [0.15, 0.2) is 0 Å². The smallest absolute Gasteiger partial charge is 0.232 e. The summed E-state index contributed by atoms with van der Waals surface area (Å²) < 4.78 is 1.62. The Morgan fingerprint density at radius 3 is 3.14 bits per heavy atom. The van der Waals surface area contributed by atoms with Crippen LogP contribution in [-0.4, -0.2) is 15.5 Å². The number of fused-ring (bicyclic) bond motifs is 1. The van der Waals surface area contributed by atoms with E-state index in [-0.39, 0.29) is 5.91 Å². The molecule has 2 aromatic heterocycles. The molecule has 0 atom stereocenters. The molecule has 0 spiro atoms. The molecule has 3 nitrogen and oxygen atoms in total. The predicted octanol–water partition coefficient (Wildman–Crippen LogP) is 2.48. The number of nitrogens with zero attached hydrogens (tertiary/aromatic N) is 2. The van der Waals surface area contributed by atoms with Crippen LogP contribution in [0.15, 0.2) is 30.6 Å². The Balaban J connectivity index is 2.47. The summed E-state index contributed by atoms with van der Waals surface area (Å²) >= 11 is 0. The lowest BCUT2D eigenvalue weighted by Gasteiger charge is -2.00. The maximum Gasteiger partial charge on any atom is 0.232 e. The van der Waals surface area contributed by atoms with E-state index in [4.69, 9.17) is 0 Å². The molecule has 2 rings (SSSR count). The summed E-state index contributed by atoms with van der Waals surface area (Å²) in [6.45, 7) is 2.00. The highest BCUT2D eigenvalue weighted by Gasteiger charge is 2.07. The van der Waals surface area contributed by atoms with Crippen molar-refractivity contribution < 1.29 is 4.79 Å². The van der Waals surface area contributed by atoms with E-state index in [0.29, 0.717) is 6.42 Å². The number of aromatic nitrogens is 2. The maximum absolute atomic E-state index is 11.6. The molecule has 0 bridgehead atoms. The molecule has 14 heavy (non-hydrogen) atoms. The van der Waals surface area contributed by atoms with Crippen molar-refractivity contribution in [1.82, 2.24) is 9.55 Å². The van der Waals surface area contributed by atoms with Crippen LogP contribution in [0.4, 0.5) is 0 Å². The van der Waals surface area contributed by atoms with Crippen molar-refractivity contribution in [3.05, 3.63) is 30.6 Å². The lowest BCUT2D eigenvalue weighted by atomic mass is 10.3. The third kappa shape index (κ3) is 1.41. The molecule has 0 N–H and O–H groups in total. The summed E-state index contributed by atoms with van der Waals surface area (Å²) in [4.78, 5) is 15.8. The fourth-order valence-corrected chi connectivity index (χ4v) is 1.50. The highest BCUT2D eigenvalue weighted by atomic mass is 16.2. The van der Waals surface area contributed by atoms with Crippen LogP contribution in [0.3, 0.4) is 0 Å². The molecule has 0 radical (unpaired) electrons. The molecule has 2 aromatic rings. The second kappa shape index (κ2) is 3.62. The molecule has 0 saturated carbocycles. The SMILES string of the molecule is CCCC(=O)n1ccc2cccnc21. The Morgan fingerprint density at radius 1 is 1.50 bits per heavy atom. The molecular formula is C11H12N2O. The van der Waals surface area contributed by atoms with Gasteiger partial charge in [-0.15, -0.1) is 0 Å². The minimum Gasteiger partial charge on any atom is -0.274 e. The Kier molecular flexibility index (Phi) is 2.31. The van der Waals surface area contributed by atoms with Gasteiger partial charge >= 0.3 is 0 Å². The van der Waals surface area contributed by atoms with Crippen LogP contribution in [0.25, 0.3) is 11.0 Å². The first-order chi connectivity index (χ1) is 6.83. The number of hydrogen-bond acceptors (Lipinski definition) is 2. The standard InChI is InChI=1S/C11H12N2O/c1-2-4-10(14)13-8-6-9-5-3-7-12-11(9)13/h3,5-8H,2,4H2,1H3. The van der Waals surface area contributed by atoms with E-state index < -0.39 is 0 Å². The molecule has 0 aromatic carbocycles. The third-order valence-electron chi connectivity index (χ3n) is 2.18. The van der Waals surface area contributed by atoms with Crippen LogP contribution in [0.2, 0.25) is 0 Å². The molecule has 72 valence electrons. The van der Waals surface area contributed by atoms with Gasteiger partial charge in [0.25, 0.3) is 0 Å². The molecule has 0 aliphatic heterocycles. The van der Waals surface area contributed by atoms with E-state index in [2.05, 4.69) is 4.98 Å². The highest BCUT2D eigenvalue weighted by molar-refractivity contribution is 5.90. The summed E-state index contributed by atoms with van der Waals surface area (Å²) in [7, 11) is 0. The number of pyridine rings is 1. The lowest BCUT2D eigenvalue weighted by molar-refractivity contribution is 0.0906. The first-order valence-corrected chi connectivity index (χ1v) is 4.78. The number of carbonyl (C=O) groups is 1. The summed E-state index contributed by atoms with van der Waals surface area (Å²) in [5.74, 6) is 0.112. The monoisotopic (exact) mass is 188 g/mol. The normalized spacial score (nSPS) is 10.6. The summed E-state index contributed by atoms with van der Waals surface area (Å²) in [6, 6.07) is 5.74. The minimum absolute atomic E-state index is 0.112. The molecule has 0 aliphatic carbocycles. The topological polar surface area (TPSA) is 34.9 Å². The molecule has 0 aliphatic rings. The first-order valence-electron chi connectivity index (χ1n) is 4.78. The van der Waals surface area contributed by atoms with E-state index in [0.717, 1.165) is 17.5 Å². The fraction of sp³-hybridized carbons (Fsp3) is 0.273. The maximum atomic E-state index is 11.6. The minimum atomic E-state index is 0.112. The highest BCUT2D eigenvalue weighted by Crippen LogP contribution is 2.12. The van der Waals surface area contributed by atoms with Gasteiger partial charge in [-0.1, -0.05) is 6.92 Å². The van der Waals surface area contributed by atoms with Gasteiger partial charge in [-0.3, -0.25) is 9.36 Å². The zero-order valence-corrected chi connectivity index (χ0v) is 8.10. The number of hydrogen-bond donors (Lipinski definition) is 0. The molecule has 3 heteroatoms. The van der Waals surface area contributed by atoms with Crippen molar-refractivity contribution in [1.29, 1.82) is 0 Å². The zero-order chi connectivity index (χ0) is 9.97. The average molecular weight is 188 g/mol.